The summed E-state index contributed by atoms with van der Waals surface area (Å²) in [4.78, 5) is 18.1. The number of hydrogen-bond donors (Lipinski definition) is 1. The highest BCUT2D eigenvalue weighted by Gasteiger charge is 2.27. The molecule has 0 bridgehead atoms. The van der Waals surface area contributed by atoms with E-state index in [1.165, 1.54) is 0 Å². The van der Waals surface area contributed by atoms with Crippen molar-refractivity contribution < 1.29 is 4.79 Å². The molecule has 0 aromatic heterocycles. The molecule has 0 aliphatic carbocycles. The molecule has 3 aromatic carbocycles. The van der Waals surface area contributed by atoms with Gasteiger partial charge in [0.1, 0.15) is 0 Å². The van der Waals surface area contributed by atoms with Crippen molar-refractivity contribution in [3.8, 4) is 0 Å². The number of fused-ring (bicyclic) bond motifs is 2. The summed E-state index contributed by atoms with van der Waals surface area (Å²) >= 11 is 3.35. The summed E-state index contributed by atoms with van der Waals surface area (Å²) in [5, 5.41) is 3.03. The van der Waals surface area contributed by atoms with Gasteiger partial charge in [0.05, 0.1) is 11.4 Å². The predicted molar refractivity (Wildman–Crippen MR) is 106 cm³/mol. The normalized spacial score (nSPS) is 12.3. The van der Waals surface area contributed by atoms with E-state index < -0.39 is 0 Å². The fourth-order valence-corrected chi connectivity index (χ4v) is 4.32. The van der Waals surface area contributed by atoms with Crippen molar-refractivity contribution in [1.82, 2.24) is 0 Å². The standard InChI is InChI=1S/C20H16N2OS2/c1-24-15-8-6-7-14(13-15)21-20(23)22-16-9-2-4-11-18(16)25-19-12-5-3-10-17(19)22/h2-13H,1H3,(H,21,23). The lowest BCUT2D eigenvalue weighted by Crippen LogP contribution is -2.32. The minimum Gasteiger partial charge on any atom is -0.307 e. The van der Waals surface area contributed by atoms with Crippen molar-refractivity contribution in [2.24, 2.45) is 0 Å². The molecular weight excluding hydrogens is 348 g/mol. The summed E-state index contributed by atoms with van der Waals surface area (Å²) in [7, 11) is 0. The molecule has 1 aliphatic heterocycles. The fourth-order valence-electron chi connectivity index (χ4n) is 2.80. The second kappa shape index (κ2) is 6.86. The monoisotopic (exact) mass is 364 g/mol. The number of nitrogens with one attached hydrogen (secondary N) is 1. The van der Waals surface area contributed by atoms with Crippen molar-refractivity contribution in [3.05, 3.63) is 72.8 Å². The summed E-state index contributed by atoms with van der Waals surface area (Å²) in [6, 6.07) is 23.7. The summed E-state index contributed by atoms with van der Waals surface area (Å²) in [6.45, 7) is 0. The highest BCUT2D eigenvalue weighted by Crippen LogP contribution is 2.48. The summed E-state index contributed by atoms with van der Waals surface area (Å²) < 4.78 is 0. The molecule has 25 heavy (non-hydrogen) atoms. The van der Waals surface area contributed by atoms with E-state index in [1.54, 1.807) is 28.4 Å². The van der Waals surface area contributed by atoms with Gasteiger partial charge in [0, 0.05) is 20.4 Å². The van der Waals surface area contributed by atoms with Gasteiger partial charge in [-0.2, -0.15) is 0 Å². The molecule has 0 fully saturated rings. The van der Waals surface area contributed by atoms with Crippen LogP contribution in [0, 0.1) is 0 Å². The van der Waals surface area contributed by atoms with Crippen LogP contribution in [0.4, 0.5) is 21.9 Å². The molecule has 0 unspecified atom stereocenters. The zero-order chi connectivity index (χ0) is 17.2. The summed E-state index contributed by atoms with van der Waals surface area (Å²) in [6.07, 6.45) is 2.02. The van der Waals surface area contributed by atoms with Crippen LogP contribution in [0.15, 0.2) is 87.5 Å². The van der Waals surface area contributed by atoms with Gasteiger partial charge in [0.25, 0.3) is 0 Å². The van der Waals surface area contributed by atoms with Gasteiger partial charge in [-0.15, -0.1) is 11.8 Å². The Morgan fingerprint density at radius 1 is 0.920 bits per heavy atom. The first kappa shape index (κ1) is 16.1. The molecule has 0 saturated carbocycles. The highest BCUT2D eigenvalue weighted by molar-refractivity contribution is 7.99. The van der Waals surface area contributed by atoms with Crippen LogP contribution < -0.4 is 10.2 Å². The molecule has 4 rings (SSSR count). The lowest BCUT2D eigenvalue weighted by atomic mass is 10.2. The van der Waals surface area contributed by atoms with E-state index in [0.717, 1.165) is 31.7 Å². The zero-order valence-electron chi connectivity index (χ0n) is 13.6. The van der Waals surface area contributed by atoms with Crippen LogP contribution in [0.1, 0.15) is 0 Å². The third-order valence-electron chi connectivity index (χ3n) is 3.96. The van der Waals surface area contributed by atoms with Crippen LogP contribution >= 0.6 is 23.5 Å². The van der Waals surface area contributed by atoms with Crippen LogP contribution in [0.5, 0.6) is 0 Å². The van der Waals surface area contributed by atoms with Crippen molar-refractivity contribution in [2.45, 2.75) is 14.7 Å². The molecular formula is C20H16N2OS2. The third-order valence-corrected chi connectivity index (χ3v) is 5.81. The number of nitrogens with zero attached hydrogens (tertiary/aromatic N) is 1. The molecule has 5 heteroatoms. The maximum absolute atomic E-state index is 13.1. The van der Waals surface area contributed by atoms with E-state index in [9.17, 15) is 4.79 Å². The first-order chi connectivity index (χ1) is 12.3. The van der Waals surface area contributed by atoms with Crippen molar-refractivity contribution >= 4 is 46.6 Å². The molecule has 0 atom stereocenters. The Labute approximate surface area is 155 Å². The molecule has 3 aromatic rings. The van der Waals surface area contributed by atoms with Gasteiger partial charge >= 0.3 is 6.03 Å². The second-order valence-corrected chi connectivity index (χ2v) is 7.50. The van der Waals surface area contributed by atoms with Crippen LogP contribution in [0.25, 0.3) is 0 Å². The average Bonchev–Trinajstić information content (AvgIpc) is 2.66. The van der Waals surface area contributed by atoms with Crippen molar-refractivity contribution in [2.75, 3.05) is 16.5 Å². The number of anilines is 3. The molecule has 1 N–H and O–H groups in total. The van der Waals surface area contributed by atoms with Gasteiger partial charge < -0.3 is 5.32 Å². The lowest BCUT2D eigenvalue weighted by molar-refractivity contribution is 0.259. The van der Waals surface area contributed by atoms with Gasteiger partial charge in [-0.3, -0.25) is 4.90 Å². The van der Waals surface area contributed by atoms with E-state index in [1.807, 2.05) is 79.1 Å². The van der Waals surface area contributed by atoms with Crippen molar-refractivity contribution in [3.63, 3.8) is 0 Å². The van der Waals surface area contributed by atoms with Crippen LogP contribution in [-0.2, 0) is 0 Å². The van der Waals surface area contributed by atoms with E-state index in [0.29, 0.717) is 0 Å². The van der Waals surface area contributed by atoms with Crippen LogP contribution in [0.3, 0.4) is 0 Å². The number of hydrogen-bond acceptors (Lipinski definition) is 3. The summed E-state index contributed by atoms with van der Waals surface area (Å²) in [5.74, 6) is 0. The smallest absolute Gasteiger partial charge is 0.307 e. The number of thioether (sulfide) groups is 1. The van der Waals surface area contributed by atoms with E-state index in [-0.39, 0.29) is 6.03 Å². The Bertz CT molecular complexity index is 897. The number of amides is 2. The molecule has 1 heterocycles. The van der Waals surface area contributed by atoms with Gasteiger partial charge in [0.2, 0.25) is 0 Å². The van der Waals surface area contributed by atoms with Crippen LogP contribution in [0.2, 0.25) is 0 Å². The van der Waals surface area contributed by atoms with Gasteiger partial charge in [-0.05, 0) is 48.7 Å². The molecule has 2 amide bonds. The Kier molecular flexibility index (Phi) is 4.42. The third kappa shape index (κ3) is 3.13. The minimum absolute atomic E-state index is 0.154. The summed E-state index contributed by atoms with van der Waals surface area (Å²) in [5.41, 5.74) is 2.61. The molecule has 124 valence electrons. The zero-order valence-corrected chi connectivity index (χ0v) is 15.2. The topological polar surface area (TPSA) is 32.3 Å². The molecule has 0 radical (unpaired) electrons. The molecule has 0 saturated heterocycles. The number of urea groups is 1. The van der Waals surface area contributed by atoms with E-state index >= 15 is 0 Å². The maximum Gasteiger partial charge on any atom is 0.331 e. The molecule has 3 nitrogen and oxygen atoms in total. The Balaban J connectivity index is 1.72. The first-order valence-electron chi connectivity index (χ1n) is 7.87. The Hall–Kier alpha value is -2.37. The number of carbonyl (C=O) groups excluding carboxylic acids is 1. The number of carbonyl (C=O) groups is 1. The predicted octanol–water partition coefficient (Wildman–Crippen LogP) is 6.24. The van der Waals surface area contributed by atoms with Crippen molar-refractivity contribution in [1.29, 1.82) is 0 Å². The lowest BCUT2D eigenvalue weighted by Gasteiger charge is -2.31. The Morgan fingerprint density at radius 3 is 2.20 bits per heavy atom. The largest absolute Gasteiger partial charge is 0.331 e. The van der Waals surface area contributed by atoms with Gasteiger partial charge in [-0.1, -0.05) is 42.1 Å². The molecule has 1 aliphatic rings. The average molecular weight is 364 g/mol. The highest BCUT2D eigenvalue weighted by atomic mass is 32.2. The first-order valence-corrected chi connectivity index (χ1v) is 9.91. The number of rotatable bonds is 2. The Morgan fingerprint density at radius 2 is 1.56 bits per heavy atom. The van der Waals surface area contributed by atoms with Crippen LogP contribution in [-0.4, -0.2) is 12.3 Å². The number of benzene rings is 3. The fraction of sp³-hybridized carbons (Fsp3) is 0.0500. The van der Waals surface area contributed by atoms with Gasteiger partial charge in [0.15, 0.2) is 0 Å². The quantitative estimate of drug-likeness (QED) is 0.546. The van der Waals surface area contributed by atoms with Gasteiger partial charge in [-0.25, -0.2) is 4.79 Å². The maximum atomic E-state index is 13.1. The molecule has 0 spiro atoms. The minimum atomic E-state index is -0.154. The SMILES string of the molecule is CSc1cccc(NC(=O)N2c3ccccc3Sc3ccccc32)c1. The second-order valence-electron chi connectivity index (χ2n) is 5.54. The number of para-hydroxylation sites is 2. The van der Waals surface area contributed by atoms with E-state index in [2.05, 4.69) is 5.32 Å². The van der Waals surface area contributed by atoms with E-state index in [4.69, 9.17) is 0 Å².